The van der Waals surface area contributed by atoms with Crippen molar-refractivity contribution in [1.29, 1.82) is 5.26 Å². The molecule has 1 aromatic heterocycles. The maximum absolute atomic E-state index is 10.3. The minimum atomic E-state index is -1.05. The van der Waals surface area contributed by atoms with Gasteiger partial charge in [-0.1, -0.05) is 0 Å². The van der Waals surface area contributed by atoms with Gasteiger partial charge in [0.05, 0.1) is 5.56 Å². The second-order valence-electron chi connectivity index (χ2n) is 2.13. The molecule has 0 aliphatic heterocycles. The molecule has 0 aliphatic carbocycles. The van der Waals surface area contributed by atoms with Crippen molar-refractivity contribution in [3.63, 3.8) is 0 Å². The lowest BCUT2D eigenvalue weighted by atomic mass is 10.2. The molecule has 0 aliphatic rings. The summed E-state index contributed by atoms with van der Waals surface area (Å²) >= 11 is 0. The van der Waals surface area contributed by atoms with Gasteiger partial charge in [-0.05, 0) is 12.1 Å². The number of hydrazine groups is 1. The maximum Gasteiger partial charge on any atom is 0.335 e. The zero-order valence-electron chi connectivity index (χ0n) is 7.54. The average molecular weight is 208 g/mol. The molecule has 0 aromatic carbocycles. The number of carboxylic acid groups (broad SMARTS) is 1. The van der Waals surface area contributed by atoms with Crippen molar-refractivity contribution in [2.75, 3.05) is 0 Å². The largest absolute Gasteiger partial charge is 0.478 e. The molecule has 7 nitrogen and oxygen atoms in total. The number of hydrogen-bond donors (Lipinski definition) is 3. The molecular formula is C8H8N4O3. The van der Waals surface area contributed by atoms with E-state index < -0.39 is 5.97 Å². The molecule has 1 aromatic rings. The van der Waals surface area contributed by atoms with Crippen molar-refractivity contribution in [3.8, 4) is 6.07 Å². The predicted octanol–water partition coefficient (Wildman–Crippen LogP) is -0.742. The lowest BCUT2D eigenvalue weighted by Crippen LogP contribution is -2.18. The van der Waals surface area contributed by atoms with Crippen LogP contribution in [0.3, 0.4) is 0 Å². The van der Waals surface area contributed by atoms with Crippen LogP contribution < -0.4 is 11.3 Å². The molecular weight excluding hydrogens is 200 g/mol. The summed E-state index contributed by atoms with van der Waals surface area (Å²) in [6.45, 7) is 0. The predicted molar refractivity (Wildman–Crippen MR) is 49.3 cm³/mol. The highest BCUT2D eigenvalue weighted by Gasteiger charge is 2.02. The summed E-state index contributed by atoms with van der Waals surface area (Å²) < 4.78 is 0. The SMILES string of the molecule is N#Cc1cc(C(=O)O)ccn1.NNC=O. The van der Waals surface area contributed by atoms with E-state index in [2.05, 4.69) is 10.8 Å². The first-order chi connectivity index (χ1) is 7.15. The molecule has 0 saturated carbocycles. The third kappa shape index (κ3) is 4.97. The summed E-state index contributed by atoms with van der Waals surface area (Å²) in [6.07, 6.45) is 1.70. The number of rotatable bonds is 2. The Morgan fingerprint density at radius 3 is 2.73 bits per heavy atom. The minimum Gasteiger partial charge on any atom is -0.478 e. The van der Waals surface area contributed by atoms with E-state index in [-0.39, 0.29) is 11.3 Å². The molecule has 1 heterocycles. The van der Waals surface area contributed by atoms with Crippen molar-refractivity contribution < 1.29 is 14.7 Å². The van der Waals surface area contributed by atoms with E-state index >= 15 is 0 Å². The van der Waals surface area contributed by atoms with Crippen LogP contribution in [0.1, 0.15) is 16.1 Å². The Morgan fingerprint density at radius 2 is 2.33 bits per heavy atom. The van der Waals surface area contributed by atoms with Crippen LogP contribution in [0, 0.1) is 11.3 Å². The molecule has 7 heteroatoms. The van der Waals surface area contributed by atoms with E-state index in [1.807, 2.05) is 0 Å². The molecule has 0 fully saturated rings. The van der Waals surface area contributed by atoms with Crippen molar-refractivity contribution in [1.82, 2.24) is 10.4 Å². The first-order valence-electron chi connectivity index (χ1n) is 3.65. The van der Waals surface area contributed by atoms with E-state index in [1.54, 1.807) is 11.5 Å². The fourth-order valence-corrected chi connectivity index (χ4v) is 0.625. The van der Waals surface area contributed by atoms with Gasteiger partial charge in [0, 0.05) is 6.20 Å². The Balaban J connectivity index is 0.000000423. The van der Waals surface area contributed by atoms with E-state index in [0.29, 0.717) is 6.41 Å². The third-order valence-corrected chi connectivity index (χ3v) is 1.19. The fourth-order valence-electron chi connectivity index (χ4n) is 0.625. The van der Waals surface area contributed by atoms with Gasteiger partial charge in [0.1, 0.15) is 11.8 Å². The number of hydrogen-bond acceptors (Lipinski definition) is 5. The quantitative estimate of drug-likeness (QED) is 0.254. The molecule has 0 unspecified atom stereocenters. The van der Waals surface area contributed by atoms with Crippen LogP contribution in [0.2, 0.25) is 0 Å². The Bertz CT molecular complexity index is 386. The van der Waals surface area contributed by atoms with Crippen molar-refractivity contribution in [3.05, 3.63) is 29.6 Å². The number of nitrogens with two attached hydrogens (primary N) is 1. The Hall–Kier alpha value is -2.46. The maximum atomic E-state index is 10.3. The number of carbonyl (C=O) groups is 2. The van der Waals surface area contributed by atoms with Gasteiger partial charge in [-0.25, -0.2) is 15.6 Å². The van der Waals surface area contributed by atoms with Gasteiger partial charge in [0.2, 0.25) is 6.41 Å². The lowest BCUT2D eigenvalue weighted by Gasteiger charge is -1.91. The number of carboxylic acids is 1. The van der Waals surface area contributed by atoms with Gasteiger partial charge in [0.15, 0.2) is 0 Å². The smallest absolute Gasteiger partial charge is 0.335 e. The number of pyridine rings is 1. The average Bonchev–Trinajstić information content (AvgIpc) is 2.29. The Kier molecular flexibility index (Phi) is 5.85. The van der Waals surface area contributed by atoms with Crippen molar-refractivity contribution in [2.24, 2.45) is 5.84 Å². The van der Waals surface area contributed by atoms with Crippen LogP contribution in [0.5, 0.6) is 0 Å². The van der Waals surface area contributed by atoms with Crippen LogP contribution in [0.4, 0.5) is 0 Å². The first kappa shape index (κ1) is 12.5. The van der Waals surface area contributed by atoms with Crippen LogP contribution >= 0.6 is 0 Å². The topological polar surface area (TPSA) is 129 Å². The second kappa shape index (κ2) is 6.99. The minimum absolute atomic E-state index is 0.0801. The van der Waals surface area contributed by atoms with E-state index in [4.69, 9.17) is 15.2 Å². The Morgan fingerprint density at radius 1 is 1.73 bits per heavy atom. The normalized spacial score (nSPS) is 7.73. The van der Waals surface area contributed by atoms with Crippen molar-refractivity contribution in [2.45, 2.75) is 0 Å². The number of nitrogens with zero attached hydrogens (tertiary/aromatic N) is 2. The van der Waals surface area contributed by atoms with Crippen LogP contribution in [0.15, 0.2) is 18.3 Å². The van der Waals surface area contributed by atoms with Crippen molar-refractivity contribution >= 4 is 12.4 Å². The number of amides is 1. The zero-order chi connectivity index (χ0) is 11.7. The van der Waals surface area contributed by atoms with Gasteiger partial charge < -0.3 is 5.11 Å². The third-order valence-electron chi connectivity index (χ3n) is 1.19. The standard InChI is InChI=1S/C7H4N2O2.CH4N2O/c8-4-6-3-5(7(10)11)1-2-9-6;2-3-1-4/h1-3H,(H,10,11);1H,2H2,(H,3,4). The van der Waals surface area contributed by atoms with Crippen LogP contribution in [0.25, 0.3) is 0 Å². The van der Waals surface area contributed by atoms with E-state index in [1.165, 1.54) is 18.3 Å². The molecule has 0 spiro atoms. The number of carbonyl (C=O) groups excluding carboxylic acids is 1. The van der Waals surface area contributed by atoms with Crippen LogP contribution in [-0.2, 0) is 4.79 Å². The molecule has 0 saturated heterocycles. The highest BCUT2D eigenvalue weighted by molar-refractivity contribution is 5.87. The van der Waals surface area contributed by atoms with E-state index in [9.17, 15) is 4.79 Å². The molecule has 0 bridgehead atoms. The molecule has 15 heavy (non-hydrogen) atoms. The van der Waals surface area contributed by atoms with Gasteiger partial charge in [-0.15, -0.1) is 0 Å². The fraction of sp³-hybridized carbons (Fsp3) is 0. The summed E-state index contributed by atoms with van der Waals surface area (Å²) in [6, 6.07) is 4.31. The molecule has 78 valence electrons. The molecule has 0 radical (unpaired) electrons. The number of aromatic nitrogens is 1. The highest BCUT2D eigenvalue weighted by atomic mass is 16.4. The molecule has 1 rings (SSSR count). The molecule has 1 amide bonds. The van der Waals surface area contributed by atoms with Gasteiger partial charge in [-0.3, -0.25) is 10.2 Å². The summed E-state index contributed by atoms with van der Waals surface area (Å²) in [7, 11) is 0. The van der Waals surface area contributed by atoms with Gasteiger partial charge >= 0.3 is 5.97 Å². The van der Waals surface area contributed by atoms with Gasteiger partial charge in [-0.2, -0.15) is 5.26 Å². The number of nitriles is 1. The lowest BCUT2D eigenvalue weighted by molar-refractivity contribution is -0.109. The second-order valence-corrected chi connectivity index (χ2v) is 2.13. The Labute approximate surface area is 85.1 Å². The number of aromatic carboxylic acids is 1. The van der Waals surface area contributed by atoms with Gasteiger partial charge in [0.25, 0.3) is 0 Å². The molecule has 0 atom stereocenters. The van der Waals surface area contributed by atoms with Crippen LogP contribution in [-0.4, -0.2) is 22.5 Å². The monoisotopic (exact) mass is 208 g/mol. The van der Waals surface area contributed by atoms with E-state index in [0.717, 1.165) is 0 Å². The highest BCUT2D eigenvalue weighted by Crippen LogP contribution is 1.99. The summed E-state index contributed by atoms with van der Waals surface area (Å²) in [5.74, 6) is 3.36. The summed E-state index contributed by atoms with van der Waals surface area (Å²) in [5, 5.41) is 16.8. The summed E-state index contributed by atoms with van der Waals surface area (Å²) in [5.41, 5.74) is 1.95. The first-order valence-corrected chi connectivity index (χ1v) is 3.65. The summed E-state index contributed by atoms with van der Waals surface area (Å²) in [4.78, 5) is 22.9. The zero-order valence-corrected chi connectivity index (χ0v) is 7.54. The number of nitrogens with one attached hydrogen (secondary N) is 1. The molecule has 4 N–H and O–H groups in total.